The first-order valence-electron chi connectivity index (χ1n) is 11.8. The number of hydrogen-bond acceptors (Lipinski definition) is 7. The number of nitrogens with zero attached hydrogens (tertiary/aromatic N) is 3. The lowest BCUT2D eigenvalue weighted by atomic mass is 10.1. The summed E-state index contributed by atoms with van der Waals surface area (Å²) in [5.41, 5.74) is -0.911. The quantitative estimate of drug-likeness (QED) is 0.293. The van der Waals surface area contributed by atoms with Gasteiger partial charge in [-0.3, -0.25) is 14.9 Å². The number of amides is 1. The van der Waals surface area contributed by atoms with E-state index in [1.165, 1.54) is 28.9 Å². The van der Waals surface area contributed by atoms with Crippen molar-refractivity contribution in [3.63, 3.8) is 0 Å². The van der Waals surface area contributed by atoms with Crippen LogP contribution in [0.15, 0.2) is 47.4 Å². The Bertz CT molecular complexity index is 1480. The van der Waals surface area contributed by atoms with Gasteiger partial charge in [0.25, 0.3) is 11.6 Å². The molecular formula is C25H30FN5O6S. The Labute approximate surface area is 220 Å². The molecule has 2 aromatic carbocycles. The van der Waals surface area contributed by atoms with Crippen LogP contribution in [0.5, 0.6) is 11.6 Å². The number of non-ortho nitro benzene ring substituents is 1. The minimum absolute atomic E-state index is 0.0105. The second kappa shape index (κ2) is 10.9. The van der Waals surface area contributed by atoms with Crippen molar-refractivity contribution in [2.24, 2.45) is 0 Å². The van der Waals surface area contributed by atoms with Crippen molar-refractivity contribution < 1.29 is 27.3 Å². The molecule has 0 aliphatic rings. The lowest BCUT2D eigenvalue weighted by molar-refractivity contribution is -0.385. The monoisotopic (exact) mass is 547 g/mol. The van der Waals surface area contributed by atoms with Gasteiger partial charge in [-0.25, -0.2) is 17.5 Å². The molecule has 0 saturated carbocycles. The van der Waals surface area contributed by atoms with E-state index in [9.17, 15) is 27.7 Å². The number of nitro benzene ring substituents is 1. The van der Waals surface area contributed by atoms with Gasteiger partial charge in [-0.2, -0.15) is 9.78 Å². The normalized spacial score (nSPS) is 12.7. The van der Waals surface area contributed by atoms with Crippen LogP contribution in [0.2, 0.25) is 0 Å². The van der Waals surface area contributed by atoms with Gasteiger partial charge < -0.3 is 10.1 Å². The molecule has 1 amide bonds. The zero-order valence-electron chi connectivity index (χ0n) is 21.9. The summed E-state index contributed by atoms with van der Waals surface area (Å²) in [5.74, 6) is -1.38. The molecule has 0 bridgehead atoms. The smallest absolute Gasteiger partial charge is 0.272 e. The maximum atomic E-state index is 14.1. The third-order valence-electron chi connectivity index (χ3n) is 5.40. The maximum Gasteiger partial charge on any atom is 0.272 e. The van der Waals surface area contributed by atoms with Gasteiger partial charge in [-0.1, -0.05) is 13.0 Å². The molecule has 0 aliphatic heterocycles. The van der Waals surface area contributed by atoms with Crippen molar-refractivity contribution >= 4 is 21.6 Å². The van der Waals surface area contributed by atoms with Gasteiger partial charge in [0.15, 0.2) is 5.69 Å². The third-order valence-corrected chi connectivity index (χ3v) is 7.18. The van der Waals surface area contributed by atoms with Crippen LogP contribution in [-0.2, 0) is 10.0 Å². The molecule has 204 valence electrons. The Morgan fingerprint density at radius 3 is 2.50 bits per heavy atom. The average Bonchev–Trinajstić information content (AvgIpc) is 3.13. The van der Waals surface area contributed by atoms with Crippen LogP contribution in [0.1, 0.15) is 57.1 Å². The standard InChI is InChI=1S/C25H30FN5O6S/c1-7-15(2)27-23(32)22-16(3)24(30(28-22)18-10-8-9-17(26)13-18)37-20-12-11-19(31(33)34)14-21(20)38(35,36)29-25(4,5)6/h8-15,29H,7H2,1-6H3,(H,27,32). The first-order chi connectivity index (χ1) is 17.6. The molecule has 3 aromatic rings. The predicted molar refractivity (Wildman–Crippen MR) is 139 cm³/mol. The van der Waals surface area contributed by atoms with Gasteiger partial charge in [0.05, 0.1) is 10.6 Å². The number of nitrogens with one attached hydrogen (secondary N) is 2. The van der Waals surface area contributed by atoms with Gasteiger partial charge in [0.1, 0.15) is 16.5 Å². The zero-order valence-corrected chi connectivity index (χ0v) is 22.7. The molecule has 1 atom stereocenters. The molecule has 0 aliphatic carbocycles. The van der Waals surface area contributed by atoms with Gasteiger partial charge in [0, 0.05) is 29.3 Å². The van der Waals surface area contributed by atoms with Crippen LogP contribution < -0.4 is 14.8 Å². The van der Waals surface area contributed by atoms with E-state index in [1.807, 2.05) is 13.8 Å². The van der Waals surface area contributed by atoms with E-state index in [0.29, 0.717) is 6.42 Å². The van der Waals surface area contributed by atoms with Crippen LogP contribution in [0.4, 0.5) is 10.1 Å². The van der Waals surface area contributed by atoms with Crippen LogP contribution in [0.3, 0.4) is 0 Å². The number of carbonyl (C=O) groups is 1. The highest BCUT2D eigenvalue weighted by atomic mass is 32.2. The number of hydrogen-bond donors (Lipinski definition) is 2. The van der Waals surface area contributed by atoms with Gasteiger partial charge >= 0.3 is 0 Å². The highest BCUT2D eigenvalue weighted by molar-refractivity contribution is 7.89. The van der Waals surface area contributed by atoms with E-state index in [0.717, 1.165) is 18.2 Å². The van der Waals surface area contributed by atoms with Gasteiger partial charge in [-0.05, 0) is 65.3 Å². The molecule has 0 fully saturated rings. The summed E-state index contributed by atoms with van der Waals surface area (Å²) < 4.78 is 50.2. The largest absolute Gasteiger partial charge is 0.437 e. The molecule has 0 spiro atoms. The lowest BCUT2D eigenvalue weighted by Crippen LogP contribution is -2.40. The SMILES string of the molecule is CCC(C)NC(=O)c1nn(-c2cccc(F)c2)c(Oc2ccc([N+](=O)[O-])cc2S(=O)(=O)NC(C)(C)C)c1C. The number of halogens is 1. The number of benzene rings is 2. The fourth-order valence-electron chi connectivity index (χ4n) is 3.46. The maximum absolute atomic E-state index is 14.1. The Morgan fingerprint density at radius 1 is 1.24 bits per heavy atom. The topological polar surface area (TPSA) is 145 Å². The summed E-state index contributed by atoms with van der Waals surface area (Å²) in [6.45, 7) is 10.1. The first kappa shape index (κ1) is 28.7. The van der Waals surface area contributed by atoms with Crippen molar-refractivity contribution in [2.75, 3.05) is 0 Å². The van der Waals surface area contributed by atoms with E-state index in [1.54, 1.807) is 27.7 Å². The molecular weight excluding hydrogens is 517 g/mol. The predicted octanol–water partition coefficient (Wildman–Crippen LogP) is 4.63. The summed E-state index contributed by atoms with van der Waals surface area (Å²) in [7, 11) is -4.30. The summed E-state index contributed by atoms with van der Waals surface area (Å²) >= 11 is 0. The average molecular weight is 548 g/mol. The van der Waals surface area contributed by atoms with Crippen molar-refractivity contribution in [3.8, 4) is 17.3 Å². The molecule has 0 radical (unpaired) electrons. The number of aromatic nitrogens is 2. The highest BCUT2D eigenvalue weighted by Gasteiger charge is 2.30. The number of sulfonamides is 1. The molecule has 1 unspecified atom stereocenters. The summed E-state index contributed by atoms with van der Waals surface area (Å²) in [6, 6.07) is 8.36. The fourth-order valence-corrected chi connectivity index (χ4v) is 5.03. The number of carbonyl (C=O) groups excluding carboxylic acids is 1. The number of rotatable bonds is 9. The summed E-state index contributed by atoms with van der Waals surface area (Å²) in [6.07, 6.45) is 0.670. The molecule has 38 heavy (non-hydrogen) atoms. The van der Waals surface area contributed by atoms with Crippen molar-refractivity contribution in [1.82, 2.24) is 19.8 Å². The van der Waals surface area contributed by atoms with Gasteiger partial charge in [0.2, 0.25) is 15.9 Å². The molecule has 13 heteroatoms. The second-order valence-corrected chi connectivity index (χ2v) is 11.4. The molecule has 1 heterocycles. The second-order valence-electron chi connectivity index (χ2n) is 9.80. The van der Waals surface area contributed by atoms with Crippen molar-refractivity contribution in [2.45, 2.75) is 64.4 Å². The molecule has 1 aromatic heterocycles. The molecule has 3 rings (SSSR count). The van der Waals surface area contributed by atoms with Crippen LogP contribution in [-0.4, -0.2) is 40.6 Å². The summed E-state index contributed by atoms with van der Waals surface area (Å²) in [4.78, 5) is 23.2. The minimum Gasteiger partial charge on any atom is -0.437 e. The third kappa shape index (κ3) is 6.53. The molecule has 2 N–H and O–H groups in total. The summed E-state index contributed by atoms with van der Waals surface area (Å²) in [5, 5.41) is 18.6. The van der Waals surface area contributed by atoms with E-state index in [-0.39, 0.29) is 34.6 Å². The minimum atomic E-state index is -4.30. The number of nitro groups is 1. The lowest BCUT2D eigenvalue weighted by Gasteiger charge is -2.21. The van der Waals surface area contributed by atoms with Crippen LogP contribution in [0.25, 0.3) is 5.69 Å². The Balaban J connectivity index is 2.22. The van der Waals surface area contributed by atoms with Crippen molar-refractivity contribution in [3.05, 3.63) is 69.7 Å². The van der Waals surface area contributed by atoms with Crippen molar-refractivity contribution in [1.29, 1.82) is 0 Å². The van der Waals surface area contributed by atoms with Gasteiger partial charge in [-0.15, -0.1) is 0 Å². The Morgan fingerprint density at radius 2 is 1.92 bits per heavy atom. The highest BCUT2D eigenvalue weighted by Crippen LogP contribution is 2.36. The van der Waals surface area contributed by atoms with E-state index >= 15 is 0 Å². The van der Waals surface area contributed by atoms with E-state index in [2.05, 4.69) is 15.1 Å². The molecule has 11 nitrogen and oxygen atoms in total. The van der Waals surface area contributed by atoms with E-state index < -0.39 is 42.8 Å². The molecule has 0 saturated heterocycles. The fraction of sp³-hybridized carbons (Fsp3) is 0.360. The van der Waals surface area contributed by atoms with Crippen LogP contribution >= 0.6 is 0 Å². The first-order valence-corrected chi connectivity index (χ1v) is 13.3. The zero-order chi connectivity index (χ0) is 28.4. The van der Waals surface area contributed by atoms with E-state index in [4.69, 9.17) is 4.74 Å². The number of ether oxygens (including phenoxy) is 1. The Hall–Kier alpha value is -3.84. The van der Waals surface area contributed by atoms with Crippen LogP contribution in [0, 0.1) is 22.9 Å². The Kier molecular flexibility index (Phi) is 8.22.